The van der Waals surface area contributed by atoms with E-state index in [1.54, 1.807) is 37.5 Å². The minimum Gasteiger partial charge on any atom is -0.397 e. The van der Waals surface area contributed by atoms with Crippen molar-refractivity contribution in [1.82, 2.24) is 9.78 Å². The molecule has 0 atom stereocenters. The van der Waals surface area contributed by atoms with Gasteiger partial charge >= 0.3 is 0 Å². The Morgan fingerprint density at radius 3 is 2.82 bits per heavy atom. The first-order valence-corrected chi connectivity index (χ1v) is 5.30. The number of aromatic nitrogens is 2. The molecule has 2 rings (SSSR count). The molecule has 88 valence electrons. The summed E-state index contributed by atoms with van der Waals surface area (Å²) in [6.07, 6.45) is 1.56. The summed E-state index contributed by atoms with van der Waals surface area (Å²) in [7, 11) is 1.70. The number of carbonyl (C=O) groups is 1. The van der Waals surface area contributed by atoms with E-state index in [4.69, 9.17) is 17.3 Å². The number of hydrogen-bond donors (Lipinski definition) is 2. The lowest BCUT2D eigenvalue weighted by Gasteiger charge is -2.06. The van der Waals surface area contributed by atoms with Gasteiger partial charge in [-0.2, -0.15) is 5.10 Å². The molecular weight excluding hydrogens is 240 g/mol. The second-order valence-electron chi connectivity index (χ2n) is 3.53. The molecule has 6 heteroatoms. The first kappa shape index (κ1) is 11.5. The first-order valence-electron chi connectivity index (χ1n) is 4.92. The van der Waals surface area contributed by atoms with Crippen LogP contribution >= 0.6 is 11.6 Å². The molecule has 0 aliphatic carbocycles. The summed E-state index contributed by atoms with van der Waals surface area (Å²) >= 11 is 5.79. The quantitative estimate of drug-likeness (QED) is 0.800. The average Bonchev–Trinajstić information content (AvgIpc) is 2.70. The van der Waals surface area contributed by atoms with Gasteiger partial charge in [0.05, 0.1) is 10.7 Å². The van der Waals surface area contributed by atoms with Crippen molar-refractivity contribution in [2.45, 2.75) is 0 Å². The summed E-state index contributed by atoms with van der Waals surface area (Å²) < 4.78 is 1.49. The molecule has 0 fully saturated rings. The van der Waals surface area contributed by atoms with E-state index in [1.807, 2.05) is 0 Å². The van der Waals surface area contributed by atoms with Crippen molar-refractivity contribution >= 4 is 28.9 Å². The molecule has 1 heterocycles. The summed E-state index contributed by atoms with van der Waals surface area (Å²) in [5.41, 5.74) is 7.14. The largest absolute Gasteiger partial charge is 0.397 e. The second-order valence-corrected chi connectivity index (χ2v) is 3.94. The summed E-state index contributed by atoms with van der Waals surface area (Å²) in [4.78, 5) is 11.8. The van der Waals surface area contributed by atoms with Crippen molar-refractivity contribution < 1.29 is 4.79 Å². The molecular formula is C11H11ClN4O. The molecule has 3 N–H and O–H groups in total. The van der Waals surface area contributed by atoms with Crippen LogP contribution in [-0.4, -0.2) is 15.7 Å². The standard InChI is InChI=1S/C11H11ClN4O/c1-16-10(4-5-14-16)11(17)15-7-2-3-8(12)9(13)6-7/h2-6H,13H2,1H3,(H,15,17). The summed E-state index contributed by atoms with van der Waals surface area (Å²) in [6, 6.07) is 6.56. The molecule has 0 aliphatic heterocycles. The highest BCUT2D eigenvalue weighted by atomic mass is 35.5. The maximum absolute atomic E-state index is 11.8. The van der Waals surface area contributed by atoms with E-state index >= 15 is 0 Å². The van der Waals surface area contributed by atoms with Crippen LogP contribution in [0.25, 0.3) is 0 Å². The van der Waals surface area contributed by atoms with E-state index in [0.717, 1.165) is 0 Å². The van der Waals surface area contributed by atoms with Gasteiger partial charge in [-0.05, 0) is 24.3 Å². The van der Waals surface area contributed by atoms with Crippen molar-refractivity contribution in [2.75, 3.05) is 11.1 Å². The molecule has 0 saturated heterocycles. The highest BCUT2D eigenvalue weighted by molar-refractivity contribution is 6.33. The Balaban J connectivity index is 2.19. The Morgan fingerprint density at radius 2 is 2.24 bits per heavy atom. The number of halogens is 1. The normalized spacial score (nSPS) is 10.2. The van der Waals surface area contributed by atoms with E-state index in [9.17, 15) is 4.79 Å². The molecule has 1 aromatic carbocycles. The maximum Gasteiger partial charge on any atom is 0.273 e. The van der Waals surface area contributed by atoms with Crippen LogP contribution in [0.1, 0.15) is 10.5 Å². The van der Waals surface area contributed by atoms with Crippen molar-refractivity contribution in [1.29, 1.82) is 0 Å². The number of benzene rings is 1. The number of carbonyl (C=O) groups excluding carboxylic acids is 1. The molecule has 17 heavy (non-hydrogen) atoms. The molecule has 5 nitrogen and oxygen atoms in total. The topological polar surface area (TPSA) is 72.9 Å². The first-order chi connectivity index (χ1) is 8.08. The molecule has 0 aliphatic rings. The minimum atomic E-state index is -0.244. The number of nitrogens with two attached hydrogens (primary N) is 1. The van der Waals surface area contributed by atoms with E-state index in [-0.39, 0.29) is 5.91 Å². The molecule has 0 saturated carbocycles. The van der Waals surface area contributed by atoms with Crippen LogP contribution in [0.2, 0.25) is 5.02 Å². The van der Waals surface area contributed by atoms with E-state index < -0.39 is 0 Å². The number of anilines is 2. The minimum absolute atomic E-state index is 0.244. The van der Waals surface area contributed by atoms with Gasteiger partial charge in [-0.3, -0.25) is 9.48 Å². The van der Waals surface area contributed by atoms with Gasteiger partial charge in [0.15, 0.2) is 0 Å². The lowest BCUT2D eigenvalue weighted by molar-refractivity contribution is 0.101. The Kier molecular flexibility index (Phi) is 3.01. The molecule has 1 amide bonds. The van der Waals surface area contributed by atoms with Crippen LogP contribution in [0.15, 0.2) is 30.5 Å². The summed E-state index contributed by atoms with van der Waals surface area (Å²) in [5.74, 6) is -0.244. The van der Waals surface area contributed by atoms with E-state index in [0.29, 0.717) is 22.1 Å². The highest BCUT2D eigenvalue weighted by Gasteiger charge is 2.10. The number of nitrogens with zero attached hydrogens (tertiary/aromatic N) is 2. The third-order valence-electron chi connectivity index (χ3n) is 2.31. The van der Waals surface area contributed by atoms with Gasteiger partial charge in [0.1, 0.15) is 5.69 Å². The van der Waals surface area contributed by atoms with Crippen molar-refractivity contribution in [3.05, 3.63) is 41.2 Å². The van der Waals surface area contributed by atoms with Crippen molar-refractivity contribution in [3.63, 3.8) is 0 Å². The zero-order valence-electron chi connectivity index (χ0n) is 9.14. The number of nitrogens with one attached hydrogen (secondary N) is 1. The molecule has 1 aromatic heterocycles. The highest BCUT2D eigenvalue weighted by Crippen LogP contribution is 2.22. The molecule has 0 bridgehead atoms. The van der Waals surface area contributed by atoms with Gasteiger partial charge in [0.2, 0.25) is 0 Å². The van der Waals surface area contributed by atoms with Crippen molar-refractivity contribution in [3.8, 4) is 0 Å². The van der Waals surface area contributed by atoms with E-state index in [1.165, 1.54) is 4.68 Å². The zero-order chi connectivity index (χ0) is 12.4. The summed E-state index contributed by atoms with van der Waals surface area (Å²) in [5, 5.41) is 7.10. The molecule has 0 radical (unpaired) electrons. The second kappa shape index (κ2) is 4.47. The third-order valence-corrected chi connectivity index (χ3v) is 2.65. The Labute approximate surface area is 103 Å². The van der Waals surface area contributed by atoms with Gasteiger partial charge in [0, 0.05) is 18.9 Å². The number of amides is 1. The monoisotopic (exact) mass is 250 g/mol. The predicted octanol–water partition coefficient (Wildman–Crippen LogP) is 1.91. The average molecular weight is 251 g/mol. The fraction of sp³-hybridized carbons (Fsp3) is 0.0909. The van der Waals surface area contributed by atoms with Crippen LogP contribution in [0, 0.1) is 0 Å². The lowest BCUT2D eigenvalue weighted by atomic mass is 10.2. The van der Waals surface area contributed by atoms with Crippen LogP contribution in [-0.2, 0) is 7.05 Å². The number of rotatable bonds is 2. The lowest BCUT2D eigenvalue weighted by Crippen LogP contribution is -2.16. The Bertz CT molecular complexity index is 564. The number of nitrogen functional groups attached to an aromatic ring is 1. The van der Waals surface area contributed by atoms with Gasteiger partial charge in [-0.1, -0.05) is 11.6 Å². The van der Waals surface area contributed by atoms with Gasteiger partial charge in [0.25, 0.3) is 5.91 Å². The number of aryl methyl sites for hydroxylation is 1. The Morgan fingerprint density at radius 1 is 1.47 bits per heavy atom. The van der Waals surface area contributed by atoms with Gasteiger partial charge < -0.3 is 11.1 Å². The zero-order valence-corrected chi connectivity index (χ0v) is 9.90. The van der Waals surface area contributed by atoms with Gasteiger partial charge in [-0.25, -0.2) is 0 Å². The molecule has 2 aromatic rings. The van der Waals surface area contributed by atoms with Crippen LogP contribution < -0.4 is 11.1 Å². The fourth-order valence-electron chi connectivity index (χ4n) is 1.41. The fourth-order valence-corrected chi connectivity index (χ4v) is 1.53. The maximum atomic E-state index is 11.8. The SMILES string of the molecule is Cn1nccc1C(=O)Nc1ccc(Cl)c(N)c1. The molecule has 0 spiro atoms. The van der Waals surface area contributed by atoms with Crippen LogP contribution in [0.5, 0.6) is 0 Å². The Hall–Kier alpha value is -2.01. The van der Waals surface area contributed by atoms with Crippen LogP contribution in [0.3, 0.4) is 0 Å². The summed E-state index contributed by atoms with van der Waals surface area (Å²) in [6.45, 7) is 0. The van der Waals surface area contributed by atoms with Crippen molar-refractivity contribution in [2.24, 2.45) is 7.05 Å². The van der Waals surface area contributed by atoms with Gasteiger partial charge in [-0.15, -0.1) is 0 Å². The number of hydrogen-bond acceptors (Lipinski definition) is 3. The smallest absolute Gasteiger partial charge is 0.273 e. The van der Waals surface area contributed by atoms with E-state index in [2.05, 4.69) is 10.4 Å². The predicted molar refractivity (Wildman–Crippen MR) is 67.0 cm³/mol. The molecule has 0 unspecified atom stereocenters. The van der Waals surface area contributed by atoms with Crippen LogP contribution in [0.4, 0.5) is 11.4 Å². The third kappa shape index (κ3) is 2.39.